The van der Waals surface area contributed by atoms with Gasteiger partial charge in [-0.2, -0.15) is 0 Å². The Morgan fingerprint density at radius 1 is 1.58 bits per heavy atom. The number of carbonyl (C=O) groups excluding carboxylic acids is 1. The molecule has 1 saturated heterocycles. The highest BCUT2D eigenvalue weighted by Gasteiger charge is 2.31. The molecule has 2 rings (SSSR count). The minimum Gasteiger partial charge on any atom is -0.386 e. The Labute approximate surface area is 119 Å². The number of halogens is 1. The second-order valence-electron chi connectivity index (χ2n) is 4.44. The van der Waals surface area contributed by atoms with Gasteiger partial charge in [-0.25, -0.2) is 0 Å². The highest BCUT2D eigenvalue weighted by Crippen LogP contribution is 2.34. The number of anilines is 2. The van der Waals surface area contributed by atoms with Crippen molar-refractivity contribution in [3.05, 3.63) is 28.3 Å². The van der Waals surface area contributed by atoms with Gasteiger partial charge < -0.3 is 10.2 Å². The molecule has 1 aromatic rings. The Morgan fingerprint density at radius 2 is 2.32 bits per heavy atom. The van der Waals surface area contributed by atoms with Gasteiger partial charge in [0.2, 0.25) is 5.91 Å². The lowest BCUT2D eigenvalue weighted by atomic mass is 10.1. The number of nitrogens with zero attached hydrogens (tertiary/aromatic N) is 2. The van der Waals surface area contributed by atoms with Crippen molar-refractivity contribution in [1.29, 1.82) is 0 Å². The lowest BCUT2D eigenvalue weighted by molar-refractivity contribution is -0.384. The van der Waals surface area contributed by atoms with Crippen molar-refractivity contribution < 1.29 is 9.72 Å². The molecule has 7 heteroatoms. The zero-order valence-corrected chi connectivity index (χ0v) is 12.0. The van der Waals surface area contributed by atoms with Gasteiger partial charge in [-0.15, -0.1) is 0 Å². The number of amides is 1. The van der Waals surface area contributed by atoms with E-state index in [1.165, 1.54) is 12.1 Å². The summed E-state index contributed by atoms with van der Waals surface area (Å²) in [5.74, 6) is 0.248. The summed E-state index contributed by atoms with van der Waals surface area (Å²) >= 11 is 3.37. The van der Waals surface area contributed by atoms with Gasteiger partial charge in [0.25, 0.3) is 5.69 Å². The summed E-state index contributed by atoms with van der Waals surface area (Å²) in [7, 11) is 1.73. The molecule has 0 saturated carbocycles. The van der Waals surface area contributed by atoms with E-state index >= 15 is 0 Å². The van der Waals surface area contributed by atoms with Gasteiger partial charge in [0.05, 0.1) is 16.3 Å². The van der Waals surface area contributed by atoms with Gasteiger partial charge in [-0.3, -0.25) is 14.9 Å². The highest BCUT2D eigenvalue weighted by molar-refractivity contribution is 9.09. The number of benzene rings is 1. The Hall–Kier alpha value is -1.63. The maximum Gasteiger partial charge on any atom is 0.271 e. The van der Waals surface area contributed by atoms with Gasteiger partial charge in [0, 0.05) is 37.5 Å². The van der Waals surface area contributed by atoms with E-state index in [4.69, 9.17) is 0 Å². The highest BCUT2D eigenvalue weighted by atomic mass is 79.9. The van der Waals surface area contributed by atoms with Gasteiger partial charge in [-0.05, 0) is 12.0 Å². The summed E-state index contributed by atoms with van der Waals surface area (Å²) in [6, 6.07) is 4.50. The van der Waals surface area contributed by atoms with Crippen LogP contribution in [-0.2, 0) is 4.79 Å². The van der Waals surface area contributed by atoms with Crippen LogP contribution in [-0.4, -0.2) is 29.8 Å². The zero-order chi connectivity index (χ0) is 14.0. The molecule has 1 N–H and O–H groups in total. The van der Waals surface area contributed by atoms with E-state index in [0.717, 1.165) is 5.33 Å². The molecule has 0 spiro atoms. The maximum atomic E-state index is 12.0. The van der Waals surface area contributed by atoms with Crippen LogP contribution in [0.1, 0.15) is 6.42 Å². The molecule has 1 heterocycles. The first-order valence-corrected chi connectivity index (χ1v) is 7.01. The van der Waals surface area contributed by atoms with E-state index in [-0.39, 0.29) is 17.5 Å². The second kappa shape index (κ2) is 5.56. The zero-order valence-electron chi connectivity index (χ0n) is 10.4. The standard InChI is InChI=1S/C12H14BrN3O3/c1-14-10-3-2-9(16(18)19)5-11(10)15-7-8(6-13)4-12(15)17/h2-3,5,8,14H,4,6-7H2,1H3. The van der Waals surface area contributed by atoms with Crippen LogP contribution in [0.3, 0.4) is 0 Å². The number of nitro groups is 1. The van der Waals surface area contributed by atoms with Crippen molar-refractivity contribution in [3.8, 4) is 0 Å². The minimum atomic E-state index is -0.453. The fraction of sp³-hybridized carbons (Fsp3) is 0.417. The molecular weight excluding hydrogens is 314 g/mol. The van der Waals surface area contributed by atoms with Crippen molar-refractivity contribution in [3.63, 3.8) is 0 Å². The first-order valence-electron chi connectivity index (χ1n) is 5.89. The summed E-state index contributed by atoms with van der Waals surface area (Å²) < 4.78 is 0. The SMILES string of the molecule is CNc1ccc([N+](=O)[O-])cc1N1CC(CBr)CC1=O. The number of carbonyl (C=O) groups is 1. The van der Waals surface area contributed by atoms with Crippen molar-refractivity contribution in [2.45, 2.75) is 6.42 Å². The molecule has 1 aliphatic heterocycles. The molecular formula is C12H14BrN3O3. The van der Waals surface area contributed by atoms with E-state index < -0.39 is 4.92 Å². The van der Waals surface area contributed by atoms with E-state index in [1.54, 1.807) is 18.0 Å². The average Bonchev–Trinajstić information content (AvgIpc) is 2.79. The Morgan fingerprint density at radius 3 is 2.84 bits per heavy atom. The quantitative estimate of drug-likeness (QED) is 0.523. The van der Waals surface area contributed by atoms with Crippen LogP contribution in [0.4, 0.5) is 17.1 Å². The molecule has 1 amide bonds. The average molecular weight is 328 g/mol. The second-order valence-corrected chi connectivity index (χ2v) is 5.08. The van der Waals surface area contributed by atoms with E-state index in [2.05, 4.69) is 21.2 Å². The van der Waals surface area contributed by atoms with Crippen molar-refractivity contribution >= 4 is 38.9 Å². The molecule has 6 nitrogen and oxygen atoms in total. The van der Waals surface area contributed by atoms with Crippen LogP contribution < -0.4 is 10.2 Å². The third-order valence-electron chi connectivity index (χ3n) is 3.18. The normalized spacial score (nSPS) is 18.7. The number of hydrogen-bond donors (Lipinski definition) is 1. The summed E-state index contributed by atoms with van der Waals surface area (Å²) in [5, 5.41) is 14.6. The summed E-state index contributed by atoms with van der Waals surface area (Å²) in [6.07, 6.45) is 0.469. The van der Waals surface area contributed by atoms with Crippen LogP contribution in [0.5, 0.6) is 0 Å². The fourth-order valence-electron chi connectivity index (χ4n) is 2.19. The third-order valence-corrected chi connectivity index (χ3v) is 4.09. The largest absolute Gasteiger partial charge is 0.386 e. The molecule has 0 bridgehead atoms. The maximum absolute atomic E-state index is 12.0. The third kappa shape index (κ3) is 2.70. The summed E-state index contributed by atoms with van der Waals surface area (Å²) in [5.41, 5.74) is 1.28. The van der Waals surface area contributed by atoms with Crippen LogP contribution in [0.15, 0.2) is 18.2 Å². The van der Waals surface area contributed by atoms with Gasteiger partial charge in [0.1, 0.15) is 0 Å². The van der Waals surface area contributed by atoms with Crippen molar-refractivity contribution in [2.24, 2.45) is 5.92 Å². The topological polar surface area (TPSA) is 75.5 Å². The Kier molecular flexibility index (Phi) is 4.04. The fourth-order valence-corrected chi connectivity index (χ4v) is 2.62. The molecule has 0 radical (unpaired) electrons. The molecule has 0 aliphatic carbocycles. The first kappa shape index (κ1) is 13.8. The molecule has 1 aliphatic rings. The van der Waals surface area contributed by atoms with Gasteiger partial charge >= 0.3 is 0 Å². The van der Waals surface area contributed by atoms with Crippen LogP contribution in [0.25, 0.3) is 0 Å². The molecule has 19 heavy (non-hydrogen) atoms. The predicted octanol–water partition coefficient (Wildman–Crippen LogP) is 2.38. The Bertz CT molecular complexity index is 521. The molecule has 102 valence electrons. The van der Waals surface area contributed by atoms with Gasteiger partial charge in [0.15, 0.2) is 0 Å². The molecule has 1 unspecified atom stereocenters. The number of nitrogens with one attached hydrogen (secondary N) is 1. The summed E-state index contributed by atoms with van der Waals surface area (Å²) in [4.78, 5) is 24.0. The molecule has 1 atom stereocenters. The number of nitro benzene ring substituents is 1. The van der Waals surface area contributed by atoms with Crippen LogP contribution >= 0.6 is 15.9 Å². The number of rotatable bonds is 4. The monoisotopic (exact) mass is 327 g/mol. The van der Waals surface area contributed by atoms with E-state index in [1.807, 2.05) is 0 Å². The lowest BCUT2D eigenvalue weighted by Gasteiger charge is -2.19. The van der Waals surface area contributed by atoms with Crippen molar-refractivity contribution in [2.75, 3.05) is 29.1 Å². The van der Waals surface area contributed by atoms with Gasteiger partial charge in [-0.1, -0.05) is 15.9 Å². The Balaban J connectivity index is 2.39. The predicted molar refractivity (Wildman–Crippen MR) is 76.9 cm³/mol. The van der Waals surface area contributed by atoms with Crippen molar-refractivity contribution in [1.82, 2.24) is 0 Å². The molecule has 1 fully saturated rings. The minimum absolute atomic E-state index is 0.00134. The lowest BCUT2D eigenvalue weighted by Crippen LogP contribution is -2.25. The smallest absolute Gasteiger partial charge is 0.271 e. The summed E-state index contributed by atoms with van der Waals surface area (Å²) in [6.45, 7) is 0.583. The van der Waals surface area contributed by atoms with E-state index in [0.29, 0.717) is 24.3 Å². The molecule has 1 aromatic carbocycles. The van der Waals surface area contributed by atoms with Crippen LogP contribution in [0, 0.1) is 16.0 Å². The molecule has 0 aromatic heterocycles. The number of alkyl halides is 1. The van der Waals surface area contributed by atoms with Crippen LogP contribution in [0.2, 0.25) is 0 Å². The number of non-ortho nitro benzene ring substituents is 1. The van der Waals surface area contributed by atoms with E-state index in [9.17, 15) is 14.9 Å². The number of hydrogen-bond acceptors (Lipinski definition) is 4. The first-order chi connectivity index (χ1) is 9.06.